The Bertz CT molecular complexity index is 866. The Balaban J connectivity index is 0.00000420. The average Bonchev–Trinajstić information content (AvgIpc) is 3.17. The molecule has 0 saturated carbocycles. The molecule has 0 saturated heterocycles. The second kappa shape index (κ2) is 12.7. The molecule has 0 atom stereocenters. The molecule has 1 aromatic heterocycles. The van der Waals surface area contributed by atoms with E-state index in [4.69, 9.17) is 9.56 Å². The number of guanidine groups is 1. The van der Waals surface area contributed by atoms with Crippen LogP contribution in [-0.2, 0) is 23.0 Å². The lowest BCUT2D eigenvalue weighted by Gasteiger charge is -2.22. The SMILES string of the molecule is C=CCCCN(C)C(=NCc1ccc(S(N)(=O)=O)cc1)NCCc1ccco1.I. The van der Waals surface area contributed by atoms with E-state index in [9.17, 15) is 8.42 Å². The minimum atomic E-state index is -3.68. The van der Waals surface area contributed by atoms with Gasteiger partial charge in [-0.05, 0) is 42.7 Å². The number of halogens is 1. The van der Waals surface area contributed by atoms with Crippen molar-refractivity contribution in [3.8, 4) is 0 Å². The summed E-state index contributed by atoms with van der Waals surface area (Å²) in [5.41, 5.74) is 0.900. The molecule has 9 heteroatoms. The van der Waals surface area contributed by atoms with Crippen LogP contribution in [0.2, 0.25) is 0 Å². The normalized spacial score (nSPS) is 11.6. The summed E-state index contributed by atoms with van der Waals surface area (Å²) in [5.74, 6) is 1.70. The van der Waals surface area contributed by atoms with Crippen molar-refractivity contribution < 1.29 is 12.8 Å². The lowest BCUT2D eigenvalue weighted by molar-refractivity contribution is 0.463. The molecule has 0 spiro atoms. The summed E-state index contributed by atoms with van der Waals surface area (Å²) in [6, 6.07) is 10.3. The quantitative estimate of drug-likeness (QED) is 0.161. The monoisotopic (exact) mass is 532 g/mol. The highest BCUT2D eigenvalue weighted by atomic mass is 127. The minimum Gasteiger partial charge on any atom is -0.469 e. The first kappa shape index (κ1) is 25.2. The summed E-state index contributed by atoms with van der Waals surface area (Å²) in [6.07, 6.45) is 6.26. The van der Waals surface area contributed by atoms with Crippen LogP contribution in [0.3, 0.4) is 0 Å². The van der Waals surface area contributed by atoms with E-state index in [0.717, 1.165) is 43.1 Å². The Morgan fingerprint density at radius 3 is 2.62 bits per heavy atom. The number of furan rings is 1. The van der Waals surface area contributed by atoms with Crippen LogP contribution in [0.5, 0.6) is 0 Å². The van der Waals surface area contributed by atoms with Gasteiger partial charge in [-0.15, -0.1) is 30.6 Å². The zero-order valence-electron chi connectivity index (χ0n) is 16.6. The lowest BCUT2D eigenvalue weighted by Crippen LogP contribution is -2.40. The minimum absolute atomic E-state index is 0. The van der Waals surface area contributed by atoms with Crippen molar-refractivity contribution in [2.24, 2.45) is 10.1 Å². The molecule has 0 unspecified atom stereocenters. The van der Waals surface area contributed by atoms with Crippen molar-refractivity contribution in [3.05, 3.63) is 66.6 Å². The number of nitrogens with one attached hydrogen (secondary N) is 1. The molecule has 29 heavy (non-hydrogen) atoms. The molecule has 1 heterocycles. The maximum Gasteiger partial charge on any atom is 0.238 e. The first-order valence-electron chi connectivity index (χ1n) is 9.14. The number of nitrogens with two attached hydrogens (primary N) is 1. The van der Waals surface area contributed by atoms with Gasteiger partial charge in [0.25, 0.3) is 0 Å². The fourth-order valence-corrected chi connectivity index (χ4v) is 3.11. The third-order valence-corrected chi connectivity index (χ3v) is 5.09. The Hall–Kier alpha value is -1.85. The number of rotatable bonds is 10. The number of aliphatic imine (C=N–C) groups is 1. The van der Waals surface area contributed by atoms with E-state index in [1.165, 1.54) is 12.1 Å². The summed E-state index contributed by atoms with van der Waals surface area (Å²) in [6.45, 7) is 5.73. The van der Waals surface area contributed by atoms with Crippen molar-refractivity contribution in [3.63, 3.8) is 0 Å². The van der Waals surface area contributed by atoms with Gasteiger partial charge in [-0.2, -0.15) is 0 Å². The summed E-state index contributed by atoms with van der Waals surface area (Å²) in [5, 5.41) is 8.50. The molecule has 0 bridgehead atoms. The van der Waals surface area contributed by atoms with Crippen molar-refractivity contribution in [2.75, 3.05) is 20.1 Å². The molecular weight excluding hydrogens is 503 g/mol. The number of primary sulfonamides is 1. The van der Waals surface area contributed by atoms with Crippen LogP contribution >= 0.6 is 24.0 Å². The van der Waals surface area contributed by atoms with Crippen LogP contribution < -0.4 is 10.5 Å². The third kappa shape index (κ3) is 9.01. The van der Waals surface area contributed by atoms with E-state index in [1.54, 1.807) is 18.4 Å². The molecule has 2 rings (SSSR count). The predicted molar refractivity (Wildman–Crippen MR) is 127 cm³/mol. The number of hydrogen-bond donors (Lipinski definition) is 2. The predicted octanol–water partition coefficient (Wildman–Crippen LogP) is 3.13. The number of hydrogen-bond acceptors (Lipinski definition) is 4. The van der Waals surface area contributed by atoms with E-state index >= 15 is 0 Å². The molecule has 0 aliphatic carbocycles. The highest BCUT2D eigenvalue weighted by molar-refractivity contribution is 14.0. The molecule has 0 amide bonds. The molecule has 160 valence electrons. The van der Waals surface area contributed by atoms with Crippen LogP contribution in [0, 0.1) is 0 Å². The van der Waals surface area contributed by atoms with Gasteiger partial charge in [0.15, 0.2) is 5.96 Å². The van der Waals surface area contributed by atoms with Gasteiger partial charge in [0, 0.05) is 26.6 Å². The molecule has 3 N–H and O–H groups in total. The number of allylic oxidation sites excluding steroid dienone is 1. The van der Waals surface area contributed by atoms with Crippen molar-refractivity contribution in [1.82, 2.24) is 10.2 Å². The van der Waals surface area contributed by atoms with Gasteiger partial charge in [0.05, 0.1) is 17.7 Å². The maximum absolute atomic E-state index is 11.4. The summed E-state index contributed by atoms with van der Waals surface area (Å²) < 4.78 is 28.1. The second-order valence-electron chi connectivity index (χ2n) is 6.44. The van der Waals surface area contributed by atoms with E-state index in [0.29, 0.717) is 13.1 Å². The summed E-state index contributed by atoms with van der Waals surface area (Å²) in [7, 11) is -1.69. The molecule has 0 radical (unpaired) electrons. The van der Waals surface area contributed by atoms with Gasteiger partial charge in [0.1, 0.15) is 5.76 Å². The van der Waals surface area contributed by atoms with Crippen LogP contribution in [0.25, 0.3) is 0 Å². The van der Waals surface area contributed by atoms with Gasteiger partial charge in [-0.1, -0.05) is 18.2 Å². The lowest BCUT2D eigenvalue weighted by atomic mass is 10.2. The van der Waals surface area contributed by atoms with E-state index in [-0.39, 0.29) is 28.9 Å². The standard InChI is InChI=1S/C20H28N4O3S.HI/c1-3-4-5-14-24(2)20(22-13-12-18-7-6-15-27-18)23-16-17-8-10-19(11-9-17)28(21,25)26;/h3,6-11,15H,1,4-5,12-14,16H2,2H3,(H,22,23)(H2,21,25,26);1H. The zero-order chi connectivity index (χ0) is 20.4. The fourth-order valence-electron chi connectivity index (χ4n) is 2.59. The number of sulfonamides is 1. The topological polar surface area (TPSA) is 101 Å². The smallest absolute Gasteiger partial charge is 0.238 e. The average molecular weight is 532 g/mol. The molecular formula is C20H29IN4O3S. The van der Waals surface area contributed by atoms with Gasteiger partial charge in [-0.25, -0.2) is 18.5 Å². The third-order valence-electron chi connectivity index (χ3n) is 4.16. The highest BCUT2D eigenvalue weighted by Crippen LogP contribution is 2.10. The Labute approximate surface area is 190 Å². The summed E-state index contributed by atoms with van der Waals surface area (Å²) in [4.78, 5) is 6.85. The zero-order valence-corrected chi connectivity index (χ0v) is 19.7. The van der Waals surface area contributed by atoms with E-state index < -0.39 is 10.0 Å². The van der Waals surface area contributed by atoms with E-state index in [2.05, 4.69) is 21.8 Å². The van der Waals surface area contributed by atoms with Crippen LogP contribution in [0.15, 0.2) is 69.6 Å². The first-order valence-corrected chi connectivity index (χ1v) is 10.7. The number of nitrogens with zero attached hydrogens (tertiary/aromatic N) is 2. The Kier molecular flexibility index (Phi) is 11.0. The van der Waals surface area contributed by atoms with Gasteiger partial charge in [-0.3, -0.25) is 0 Å². The van der Waals surface area contributed by atoms with Crippen molar-refractivity contribution >= 4 is 40.0 Å². The maximum atomic E-state index is 11.4. The van der Waals surface area contributed by atoms with Crippen molar-refractivity contribution in [2.45, 2.75) is 30.7 Å². The molecule has 2 aromatic rings. The van der Waals surface area contributed by atoms with Crippen molar-refractivity contribution in [1.29, 1.82) is 0 Å². The van der Waals surface area contributed by atoms with Crippen LogP contribution in [0.4, 0.5) is 0 Å². The van der Waals surface area contributed by atoms with Gasteiger partial charge < -0.3 is 14.6 Å². The molecule has 0 aliphatic rings. The van der Waals surface area contributed by atoms with E-state index in [1.807, 2.05) is 25.3 Å². The van der Waals surface area contributed by atoms with Gasteiger partial charge >= 0.3 is 0 Å². The first-order chi connectivity index (χ1) is 13.4. The van der Waals surface area contributed by atoms with Crippen LogP contribution in [0.1, 0.15) is 24.2 Å². The molecule has 0 aliphatic heterocycles. The largest absolute Gasteiger partial charge is 0.469 e. The molecule has 7 nitrogen and oxygen atoms in total. The molecule has 0 fully saturated rings. The molecule has 1 aromatic carbocycles. The Morgan fingerprint density at radius 1 is 1.31 bits per heavy atom. The number of unbranched alkanes of at least 4 members (excludes halogenated alkanes) is 1. The second-order valence-corrected chi connectivity index (χ2v) is 8.00. The fraction of sp³-hybridized carbons (Fsp3) is 0.350. The van der Waals surface area contributed by atoms with Gasteiger partial charge in [0.2, 0.25) is 10.0 Å². The van der Waals surface area contributed by atoms with Crippen LogP contribution in [-0.4, -0.2) is 39.4 Å². The summed E-state index contributed by atoms with van der Waals surface area (Å²) >= 11 is 0. The Morgan fingerprint density at radius 2 is 2.03 bits per heavy atom. The highest BCUT2D eigenvalue weighted by Gasteiger charge is 2.08. The number of benzene rings is 1.